The van der Waals surface area contributed by atoms with Crippen LogP contribution in [0.4, 0.5) is 0 Å². The molecule has 21 heavy (non-hydrogen) atoms. The van der Waals surface area contributed by atoms with Crippen molar-refractivity contribution in [3.8, 4) is 11.5 Å². The van der Waals surface area contributed by atoms with E-state index >= 15 is 0 Å². The van der Waals surface area contributed by atoms with E-state index in [0.717, 1.165) is 6.42 Å². The van der Waals surface area contributed by atoms with Crippen LogP contribution in [-0.2, 0) is 6.42 Å². The van der Waals surface area contributed by atoms with E-state index in [1.165, 1.54) is 12.7 Å². The van der Waals surface area contributed by atoms with Crippen LogP contribution in [0.1, 0.15) is 15.9 Å². The zero-order chi connectivity index (χ0) is 15.2. The van der Waals surface area contributed by atoms with E-state index in [1.807, 2.05) is 30.3 Å². The zero-order valence-corrected chi connectivity index (χ0v) is 12.2. The third kappa shape index (κ3) is 3.54. The number of amides is 1. The van der Waals surface area contributed by atoms with Gasteiger partial charge in [0.25, 0.3) is 5.91 Å². The molecule has 0 radical (unpaired) electrons. The van der Waals surface area contributed by atoms with Crippen molar-refractivity contribution in [3.63, 3.8) is 0 Å². The van der Waals surface area contributed by atoms with Gasteiger partial charge >= 0.3 is 0 Å². The van der Waals surface area contributed by atoms with Gasteiger partial charge in [-0.25, -0.2) is 0 Å². The normalized spacial score (nSPS) is 10.2. The second-order valence-electron chi connectivity index (χ2n) is 4.82. The number of para-hydroxylation sites is 1. The molecule has 4 heteroatoms. The average Bonchev–Trinajstić information content (AvgIpc) is 2.53. The highest BCUT2D eigenvalue weighted by molar-refractivity contribution is 5.97. The minimum Gasteiger partial charge on any atom is -0.504 e. The number of hydrogen-bond donors (Lipinski definition) is 1. The molecule has 0 fully saturated rings. The van der Waals surface area contributed by atoms with Crippen LogP contribution >= 0.6 is 0 Å². The fraction of sp³-hybridized carbons (Fsp3) is 0.235. The van der Waals surface area contributed by atoms with Crippen LogP contribution in [0.3, 0.4) is 0 Å². The first kappa shape index (κ1) is 14.9. The Labute approximate surface area is 124 Å². The number of likely N-dealkylation sites (N-methyl/N-ethyl adjacent to an activating group) is 1. The molecule has 0 aliphatic carbocycles. The second-order valence-corrected chi connectivity index (χ2v) is 4.82. The number of carbonyl (C=O) groups is 1. The number of hydrogen-bond acceptors (Lipinski definition) is 3. The van der Waals surface area contributed by atoms with E-state index in [1.54, 1.807) is 30.1 Å². The Morgan fingerprint density at radius 3 is 2.52 bits per heavy atom. The Bertz CT molecular complexity index is 611. The van der Waals surface area contributed by atoms with Crippen molar-refractivity contribution in [3.05, 3.63) is 59.7 Å². The van der Waals surface area contributed by atoms with Crippen LogP contribution in [0.2, 0.25) is 0 Å². The van der Waals surface area contributed by atoms with Crippen LogP contribution < -0.4 is 4.74 Å². The molecule has 0 saturated carbocycles. The van der Waals surface area contributed by atoms with Gasteiger partial charge in [0.15, 0.2) is 11.5 Å². The third-order valence-electron chi connectivity index (χ3n) is 3.37. The lowest BCUT2D eigenvalue weighted by Gasteiger charge is -2.18. The summed E-state index contributed by atoms with van der Waals surface area (Å²) in [7, 11) is 3.19. The third-order valence-corrected chi connectivity index (χ3v) is 3.37. The first-order valence-electron chi connectivity index (χ1n) is 6.79. The number of benzene rings is 2. The van der Waals surface area contributed by atoms with E-state index < -0.39 is 0 Å². The molecule has 0 saturated heterocycles. The second kappa shape index (κ2) is 6.79. The lowest BCUT2D eigenvalue weighted by atomic mass is 10.1. The predicted molar refractivity (Wildman–Crippen MR) is 81.8 cm³/mol. The van der Waals surface area contributed by atoms with E-state index in [9.17, 15) is 9.90 Å². The molecule has 2 aromatic carbocycles. The van der Waals surface area contributed by atoms with Crippen LogP contribution in [0, 0.1) is 0 Å². The summed E-state index contributed by atoms with van der Waals surface area (Å²) in [5, 5.41) is 10.0. The average molecular weight is 285 g/mol. The largest absolute Gasteiger partial charge is 0.504 e. The van der Waals surface area contributed by atoms with Gasteiger partial charge in [-0.1, -0.05) is 36.4 Å². The molecule has 1 N–H and O–H groups in total. The Morgan fingerprint density at radius 1 is 1.14 bits per heavy atom. The summed E-state index contributed by atoms with van der Waals surface area (Å²) in [5.41, 5.74) is 1.43. The number of phenols is 1. The van der Waals surface area contributed by atoms with Gasteiger partial charge in [-0.05, 0) is 24.1 Å². The number of nitrogens with zero attached hydrogens (tertiary/aromatic N) is 1. The van der Waals surface area contributed by atoms with Gasteiger partial charge in [0, 0.05) is 13.6 Å². The van der Waals surface area contributed by atoms with Gasteiger partial charge in [0.05, 0.1) is 12.7 Å². The van der Waals surface area contributed by atoms with Crippen molar-refractivity contribution in [1.82, 2.24) is 4.90 Å². The van der Waals surface area contributed by atoms with E-state index in [0.29, 0.717) is 12.3 Å². The molecule has 110 valence electrons. The molecule has 1 amide bonds. The zero-order valence-electron chi connectivity index (χ0n) is 12.2. The molecule has 0 unspecified atom stereocenters. The lowest BCUT2D eigenvalue weighted by Crippen LogP contribution is -2.28. The lowest BCUT2D eigenvalue weighted by molar-refractivity contribution is 0.0793. The Morgan fingerprint density at radius 2 is 1.86 bits per heavy atom. The fourth-order valence-corrected chi connectivity index (χ4v) is 2.11. The minimum absolute atomic E-state index is 0.114. The number of ether oxygens (including phenoxy) is 1. The summed E-state index contributed by atoms with van der Waals surface area (Å²) in [6.45, 7) is 0.583. The van der Waals surface area contributed by atoms with Crippen LogP contribution in [0.25, 0.3) is 0 Å². The van der Waals surface area contributed by atoms with Crippen LogP contribution in [0.15, 0.2) is 48.5 Å². The van der Waals surface area contributed by atoms with Crippen LogP contribution in [0.5, 0.6) is 11.5 Å². The highest BCUT2D eigenvalue weighted by Gasteiger charge is 2.18. The van der Waals surface area contributed by atoms with Crippen molar-refractivity contribution in [2.24, 2.45) is 0 Å². The molecule has 0 aliphatic heterocycles. The Balaban J connectivity index is 2.06. The van der Waals surface area contributed by atoms with Crippen molar-refractivity contribution < 1.29 is 14.6 Å². The van der Waals surface area contributed by atoms with Gasteiger partial charge in [0.2, 0.25) is 0 Å². The minimum atomic E-state index is -0.220. The van der Waals surface area contributed by atoms with E-state index in [4.69, 9.17) is 4.74 Å². The van der Waals surface area contributed by atoms with E-state index in [-0.39, 0.29) is 17.2 Å². The smallest absolute Gasteiger partial charge is 0.257 e. The SMILES string of the molecule is COc1cccc(C(=O)N(C)CCc2ccccc2)c1O. The summed E-state index contributed by atoms with van der Waals surface area (Å²) in [5.74, 6) is -0.0313. The molecule has 2 rings (SSSR count). The molecule has 0 aliphatic rings. The Kier molecular flexibility index (Phi) is 4.82. The highest BCUT2D eigenvalue weighted by atomic mass is 16.5. The Hall–Kier alpha value is -2.49. The van der Waals surface area contributed by atoms with Gasteiger partial charge < -0.3 is 14.7 Å². The quantitative estimate of drug-likeness (QED) is 0.919. The number of aromatic hydroxyl groups is 1. The van der Waals surface area contributed by atoms with Gasteiger partial charge in [-0.15, -0.1) is 0 Å². The maximum absolute atomic E-state index is 12.4. The first-order chi connectivity index (χ1) is 10.1. The topological polar surface area (TPSA) is 49.8 Å². The molecule has 0 atom stereocenters. The molecular weight excluding hydrogens is 266 g/mol. The summed E-state index contributed by atoms with van der Waals surface area (Å²) in [6.07, 6.45) is 0.772. The molecule has 0 bridgehead atoms. The number of methoxy groups -OCH3 is 1. The van der Waals surface area contributed by atoms with Crippen molar-refractivity contribution in [2.45, 2.75) is 6.42 Å². The van der Waals surface area contributed by atoms with E-state index in [2.05, 4.69) is 0 Å². The summed E-state index contributed by atoms with van der Waals surface area (Å²) in [4.78, 5) is 14.0. The standard InChI is InChI=1S/C17H19NO3/c1-18(12-11-13-7-4-3-5-8-13)17(20)14-9-6-10-15(21-2)16(14)19/h3-10,19H,11-12H2,1-2H3. The van der Waals surface area contributed by atoms with Crippen LogP contribution in [-0.4, -0.2) is 36.6 Å². The number of phenolic OH excluding ortho intramolecular Hbond substituents is 1. The van der Waals surface area contributed by atoms with Crippen molar-refractivity contribution in [1.29, 1.82) is 0 Å². The van der Waals surface area contributed by atoms with Crippen molar-refractivity contribution >= 4 is 5.91 Å². The number of carbonyl (C=O) groups excluding carboxylic acids is 1. The molecule has 2 aromatic rings. The molecule has 0 spiro atoms. The predicted octanol–water partition coefficient (Wildman–Crippen LogP) is 2.72. The molecular formula is C17H19NO3. The maximum atomic E-state index is 12.4. The van der Waals surface area contributed by atoms with Crippen molar-refractivity contribution in [2.75, 3.05) is 20.7 Å². The maximum Gasteiger partial charge on any atom is 0.257 e. The summed E-state index contributed by atoms with van der Waals surface area (Å²) >= 11 is 0. The number of rotatable bonds is 5. The summed E-state index contributed by atoms with van der Waals surface area (Å²) < 4.78 is 5.02. The van der Waals surface area contributed by atoms with Gasteiger partial charge in [-0.3, -0.25) is 4.79 Å². The molecule has 0 heterocycles. The monoisotopic (exact) mass is 285 g/mol. The fourth-order valence-electron chi connectivity index (χ4n) is 2.11. The highest BCUT2D eigenvalue weighted by Crippen LogP contribution is 2.29. The summed E-state index contributed by atoms with van der Waals surface area (Å²) in [6, 6.07) is 14.9. The van der Waals surface area contributed by atoms with Gasteiger partial charge in [0.1, 0.15) is 0 Å². The molecule has 0 aromatic heterocycles. The first-order valence-corrected chi connectivity index (χ1v) is 6.79. The van der Waals surface area contributed by atoms with Gasteiger partial charge in [-0.2, -0.15) is 0 Å². The molecule has 4 nitrogen and oxygen atoms in total.